The Kier molecular flexibility index (Phi) is 3.74. The number of pyridine rings is 1. The number of aromatic nitrogens is 5. The standard InChI is InChI=1S/C22H20N6O2/c1-13-4-2-5-14(8-13)27-10-16-17(11-27)20(16)21-25-19(30-26-21)12-28-22(29)15-6-3-7-23-18(15)9-24-28/h2-9,16-17,20H,10-12H2,1H3. The maximum Gasteiger partial charge on any atom is 0.276 e. The average Bonchev–Trinajstić information content (AvgIpc) is 3.10. The Morgan fingerprint density at radius 2 is 2.03 bits per heavy atom. The van der Waals surface area contributed by atoms with E-state index >= 15 is 0 Å². The number of hydrogen-bond donors (Lipinski definition) is 0. The summed E-state index contributed by atoms with van der Waals surface area (Å²) in [6, 6.07) is 12.1. The second kappa shape index (κ2) is 6.48. The van der Waals surface area contributed by atoms with Gasteiger partial charge in [-0.25, -0.2) is 4.68 Å². The van der Waals surface area contributed by atoms with Gasteiger partial charge in [0.05, 0.1) is 17.1 Å². The molecular weight excluding hydrogens is 380 g/mol. The van der Waals surface area contributed by atoms with Gasteiger partial charge in [0, 0.05) is 30.9 Å². The predicted octanol–water partition coefficient (Wildman–Crippen LogP) is 2.38. The molecule has 1 aromatic carbocycles. The number of anilines is 1. The van der Waals surface area contributed by atoms with E-state index in [2.05, 4.69) is 56.3 Å². The lowest BCUT2D eigenvalue weighted by Gasteiger charge is -2.21. The highest BCUT2D eigenvalue weighted by Crippen LogP contribution is 2.57. The highest BCUT2D eigenvalue weighted by molar-refractivity contribution is 5.75. The molecule has 1 saturated carbocycles. The fourth-order valence-electron chi connectivity index (χ4n) is 4.67. The minimum absolute atomic E-state index is 0.161. The first kappa shape index (κ1) is 17.3. The van der Waals surface area contributed by atoms with Crippen LogP contribution in [0.2, 0.25) is 0 Å². The van der Waals surface area contributed by atoms with Crippen molar-refractivity contribution in [3.8, 4) is 0 Å². The second-order valence-electron chi connectivity index (χ2n) is 8.19. The third-order valence-corrected chi connectivity index (χ3v) is 6.25. The molecule has 2 atom stereocenters. The summed E-state index contributed by atoms with van der Waals surface area (Å²) in [7, 11) is 0. The highest BCUT2D eigenvalue weighted by atomic mass is 16.5. The molecule has 3 aromatic heterocycles. The van der Waals surface area contributed by atoms with Gasteiger partial charge in [-0.05, 0) is 48.6 Å². The van der Waals surface area contributed by atoms with Gasteiger partial charge in [-0.15, -0.1) is 0 Å². The van der Waals surface area contributed by atoms with Gasteiger partial charge < -0.3 is 9.42 Å². The SMILES string of the molecule is Cc1cccc(N2CC3C(C2)C3c2noc(Cn3ncc4ncccc4c3=O)n2)c1. The van der Waals surface area contributed by atoms with Crippen molar-refractivity contribution in [1.29, 1.82) is 0 Å². The number of rotatable bonds is 4. The van der Waals surface area contributed by atoms with Crippen LogP contribution in [0.4, 0.5) is 5.69 Å². The Bertz CT molecular complexity index is 1300. The van der Waals surface area contributed by atoms with Crippen molar-refractivity contribution in [3.63, 3.8) is 0 Å². The number of benzene rings is 1. The van der Waals surface area contributed by atoms with Crippen LogP contribution in [0.5, 0.6) is 0 Å². The summed E-state index contributed by atoms with van der Waals surface area (Å²) in [6.45, 7) is 4.31. The monoisotopic (exact) mass is 400 g/mol. The van der Waals surface area contributed by atoms with Crippen molar-refractivity contribution in [2.45, 2.75) is 19.4 Å². The maximum absolute atomic E-state index is 12.6. The molecule has 2 aliphatic rings. The molecule has 4 heterocycles. The van der Waals surface area contributed by atoms with Crippen LogP contribution in [0.3, 0.4) is 0 Å². The Morgan fingerprint density at radius 3 is 2.87 bits per heavy atom. The van der Waals surface area contributed by atoms with Crippen LogP contribution in [0, 0.1) is 18.8 Å². The molecule has 0 N–H and O–H groups in total. The summed E-state index contributed by atoms with van der Waals surface area (Å²) in [5, 5.41) is 8.92. The lowest BCUT2D eigenvalue weighted by Crippen LogP contribution is -2.24. The summed E-state index contributed by atoms with van der Waals surface area (Å²) in [4.78, 5) is 23.8. The van der Waals surface area contributed by atoms with Crippen LogP contribution < -0.4 is 10.5 Å². The van der Waals surface area contributed by atoms with Gasteiger partial charge in [-0.2, -0.15) is 10.1 Å². The number of nitrogens with zero attached hydrogens (tertiary/aromatic N) is 6. The molecule has 1 saturated heterocycles. The van der Waals surface area contributed by atoms with Gasteiger partial charge in [0.2, 0.25) is 5.89 Å². The van der Waals surface area contributed by atoms with E-state index in [0.717, 1.165) is 18.9 Å². The Labute approximate surface area is 172 Å². The van der Waals surface area contributed by atoms with Crippen LogP contribution >= 0.6 is 0 Å². The largest absolute Gasteiger partial charge is 0.371 e. The van der Waals surface area contributed by atoms with Crippen LogP contribution in [0.15, 0.2) is 58.1 Å². The molecule has 0 bridgehead atoms. The van der Waals surface area contributed by atoms with Gasteiger partial charge in [0.15, 0.2) is 5.82 Å². The number of hydrogen-bond acceptors (Lipinski definition) is 7. The molecule has 0 amide bonds. The maximum atomic E-state index is 12.6. The second-order valence-corrected chi connectivity index (χ2v) is 8.19. The van der Waals surface area contributed by atoms with Crippen LogP contribution in [0.25, 0.3) is 10.9 Å². The van der Waals surface area contributed by atoms with Crippen molar-refractivity contribution >= 4 is 16.6 Å². The lowest BCUT2D eigenvalue weighted by atomic mass is 10.2. The number of piperidine rings is 1. The summed E-state index contributed by atoms with van der Waals surface area (Å²) >= 11 is 0. The lowest BCUT2D eigenvalue weighted by molar-refractivity contribution is 0.358. The average molecular weight is 400 g/mol. The van der Waals surface area contributed by atoms with Gasteiger partial charge in [0.25, 0.3) is 5.56 Å². The van der Waals surface area contributed by atoms with E-state index in [1.807, 2.05) is 0 Å². The van der Waals surface area contributed by atoms with E-state index < -0.39 is 0 Å². The number of fused-ring (bicyclic) bond motifs is 2. The molecule has 0 spiro atoms. The zero-order valence-electron chi connectivity index (χ0n) is 16.5. The zero-order valence-corrected chi connectivity index (χ0v) is 16.5. The molecular formula is C22H20N6O2. The fourth-order valence-corrected chi connectivity index (χ4v) is 4.67. The first-order valence-electron chi connectivity index (χ1n) is 10.1. The third kappa shape index (κ3) is 2.79. The number of aryl methyl sites for hydroxylation is 1. The first-order valence-corrected chi connectivity index (χ1v) is 10.1. The first-order chi connectivity index (χ1) is 14.7. The summed E-state index contributed by atoms with van der Waals surface area (Å²) in [5.41, 5.74) is 2.93. The van der Waals surface area contributed by atoms with E-state index in [1.54, 1.807) is 24.5 Å². The molecule has 1 aliphatic carbocycles. The summed E-state index contributed by atoms with van der Waals surface area (Å²) in [6.07, 6.45) is 3.23. The Hall–Kier alpha value is -3.55. The summed E-state index contributed by atoms with van der Waals surface area (Å²) < 4.78 is 6.78. The van der Waals surface area contributed by atoms with E-state index in [9.17, 15) is 4.79 Å². The molecule has 8 heteroatoms. The summed E-state index contributed by atoms with van der Waals surface area (Å²) in [5.74, 6) is 2.61. The molecule has 4 aromatic rings. The Balaban J connectivity index is 1.16. The van der Waals surface area contributed by atoms with Crippen LogP contribution in [0.1, 0.15) is 23.2 Å². The minimum atomic E-state index is -0.211. The van der Waals surface area contributed by atoms with E-state index in [1.165, 1.54) is 15.9 Å². The molecule has 150 valence electrons. The van der Waals surface area contributed by atoms with Gasteiger partial charge in [0.1, 0.15) is 6.54 Å². The fraction of sp³-hybridized carbons (Fsp3) is 0.318. The normalized spacial score (nSPS) is 22.4. The molecule has 6 rings (SSSR count). The van der Waals surface area contributed by atoms with Crippen molar-refractivity contribution in [2.24, 2.45) is 11.8 Å². The van der Waals surface area contributed by atoms with Crippen molar-refractivity contribution < 1.29 is 4.52 Å². The molecule has 0 radical (unpaired) electrons. The smallest absolute Gasteiger partial charge is 0.276 e. The topological polar surface area (TPSA) is 89.9 Å². The molecule has 2 unspecified atom stereocenters. The van der Waals surface area contributed by atoms with Crippen molar-refractivity contribution in [3.05, 3.63) is 76.4 Å². The highest BCUT2D eigenvalue weighted by Gasteiger charge is 2.58. The molecule has 2 fully saturated rings. The predicted molar refractivity (Wildman–Crippen MR) is 110 cm³/mol. The zero-order chi connectivity index (χ0) is 20.2. The molecule has 1 aliphatic heterocycles. The van der Waals surface area contributed by atoms with Gasteiger partial charge in [-0.3, -0.25) is 9.78 Å². The molecule has 8 nitrogen and oxygen atoms in total. The molecule has 30 heavy (non-hydrogen) atoms. The van der Waals surface area contributed by atoms with Crippen molar-refractivity contribution in [2.75, 3.05) is 18.0 Å². The van der Waals surface area contributed by atoms with E-state index in [0.29, 0.717) is 34.5 Å². The Morgan fingerprint density at radius 1 is 1.17 bits per heavy atom. The van der Waals surface area contributed by atoms with Gasteiger partial charge >= 0.3 is 0 Å². The van der Waals surface area contributed by atoms with Crippen LogP contribution in [-0.4, -0.2) is 38.0 Å². The quantitative estimate of drug-likeness (QED) is 0.519. The van der Waals surface area contributed by atoms with E-state index in [4.69, 9.17) is 4.52 Å². The third-order valence-electron chi connectivity index (χ3n) is 6.25. The minimum Gasteiger partial charge on any atom is -0.371 e. The van der Waals surface area contributed by atoms with Crippen LogP contribution in [-0.2, 0) is 6.54 Å². The van der Waals surface area contributed by atoms with E-state index in [-0.39, 0.29) is 12.1 Å². The van der Waals surface area contributed by atoms with Gasteiger partial charge in [-0.1, -0.05) is 17.3 Å². The van der Waals surface area contributed by atoms with Crippen molar-refractivity contribution in [1.82, 2.24) is 24.9 Å².